The highest BCUT2D eigenvalue weighted by molar-refractivity contribution is 7.18. The van der Waals surface area contributed by atoms with Gasteiger partial charge in [-0.2, -0.15) is 0 Å². The molecule has 1 saturated heterocycles. The molecule has 25 heavy (non-hydrogen) atoms. The van der Waals surface area contributed by atoms with Gasteiger partial charge >= 0.3 is 0 Å². The third-order valence-electron chi connectivity index (χ3n) is 4.29. The second-order valence-corrected chi connectivity index (χ2v) is 7.81. The molecule has 1 aliphatic rings. The van der Waals surface area contributed by atoms with Crippen molar-refractivity contribution in [2.75, 3.05) is 38.2 Å². The molecule has 7 heteroatoms. The van der Waals surface area contributed by atoms with Crippen LogP contribution < -0.4 is 10.2 Å². The quantitative estimate of drug-likeness (QED) is 0.652. The molecule has 0 amide bonds. The molecule has 0 unspecified atom stereocenters. The van der Waals surface area contributed by atoms with Gasteiger partial charge in [-0.05, 0) is 11.4 Å². The van der Waals surface area contributed by atoms with Crippen LogP contribution in [0.3, 0.4) is 0 Å². The van der Waals surface area contributed by atoms with E-state index in [-0.39, 0.29) is 0 Å². The van der Waals surface area contributed by atoms with Crippen molar-refractivity contribution in [3.63, 3.8) is 0 Å². The Balaban J connectivity index is 1.72. The number of quaternary nitrogens is 1. The molecule has 1 fully saturated rings. The van der Waals surface area contributed by atoms with Crippen molar-refractivity contribution in [1.29, 1.82) is 0 Å². The highest BCUT2D eigenvalue weighted by Crippen LogP contribution is 2.38. The van der Waals surface area contributed by atoms with Gasteiger partial charge in [-0.3, -0.25) is 0 Å². The monoisotopic (exact) mass is 373 g/mol. The van der Waals surface area contributed by atoms with Crippen LogP contribution in [0.15, 0.2) is 35.5 Å². The van der Waals surface area contributed by atoms with E-state index in [0.29, 0.717) is 6.54 Å². The standard InChI is InChI=1S/C18H20N4OS2/c1-2-5-19-17-16-13(14-4-3-10-24-14)12-25-18(16)21-15(20-17)11-22-6-8-23-9-7-22/h2-4,10,12H,1,5-9,11H2,(H,19,20,21)/p+1. The molecular weight excluding hydrogens is 352 g/mol. The van der Waals surface area contributed by atoms with Crippen molar-refractivity contribution >= 4 is 38.7 Å². The third kappa shape index (κ3) is 3.59. The normalized spacial score (nSPS) is 15.5. The van der Waals surface area contributed by atoms with E-state index in [4.69, 9.17) is 14.7 Å². The number of ether oxygens (including phenoxy) is 1. The second-order valence-electron chi connectivity index (χ2n) is 6.00. The Bertz CT molecular complexity index is 853. The minimum Gasteiger partial charge on any atom is -0.370 e. The lowest BCUT2D eigenvalue weighted by molar-refractivity contribution is -0.922. The van der Waals surface area contributed by atoms with Gasteiger partial charge in [0.15, 0.2) is 5.82 Å². The maximum Gasteiger partial charge on any atom is 0.187 e. The summed E-state index contributed by atoms with van der Waals surface area (Å²) >= 11 is 3.44. The fraction of sp³-hybridized carbons (Fsp3) is 0.333. The van der Waals surface area contributed by atoms with Crippen LogP contribution >= 0.6 is 22.7 Å². The van der Waals surface area contributed by atoms with Crippen LogP contribution in [0.2, 0.25) is 0 Å². The SMILES string of the molecule is C=CCNc1nc(C[NH+]2CCOCC2)nc2scc(-c3cccs3)c12. The summed E-state index contributed by atoms with van der Waals surface area (Å²) in [7, 11) is 0. The van der Waals surface area contributed by atoms with Crippen molar-refractivity contribution in [1.82, 2.24) is 9.97 Å². The molecule has 3 aromatic heterocycles. The first kappa shape index (κ1) is 16.7. The highest BCUT2D eigenvalue weighted by Gasteiger charge is 2.20. The summed E-state index contributed by atoms with van der Waals surface area (Å²) in [4.78, 5) is 13.5. The molecule has 3 aromatic rings. The number of anilines is 1. The van der Waals surface area contributed by atoms with Crippen molar-refractivity contribution in [3.05, 3.63) is 41.4 Å². The second kappa shape index (κ2) is 7.61. The zero-order chi connectivity index (χ0) is 17.1. The molecule has 2 N–H and O–H groups in total. The molecule has 0 aliphatic carbocycles. The number of hydrogen-bond donors (Lipinski definition) is 2. The molecule has 0 bridgehead atoms. The summed E-state index contributed by atoms with van der Waals surface area (Å²) in [6.07, 6.45) is 1.86. The van der Waals surface area contributed by atoms with Crippen molar-refractivity contribution < 1.29 is 9.64 Å². The number of nitrogens with zero attached hydrogens (tertiary/aromatic N) is 2. The first-order chi connectivity index (χ1) is 12.3. The summed E-state index contributed by atoms with van der Waals surface area (Å²) in [5.74, 6) is 1.81. The summed E-state index contributed by atoms with van der Waals surface area (Å²) in [6.45, 7) is 9.02. The summed E-state index contributed by atoms with van der Waals surface area (Å²) in [5, 5.41) is 8.83. The molecule has 4 heterocycles. The fourth-order valence-electron chi connectivity index (χ4n) is 3.04. The lowest BCUT2D eigenvalue weighted by atomic mass is 10.2. The van der Waals surface area contributed by atoms with Crippen LogP contribution in [0.1, 0.15) is 5.82 Å². The Kier molecular flexibility index (Phi) is 5.07. The van der Waals surface area contributed by atoms with E-state index in [9.17, 15) is 0 Å². The average Bonchev–Trinajstić information content (AvgIpc) is 3.29. The van der Waals surface area contributed by atoms with Crippen LogP contribution in [0.4, 0.5) is 5.82 Å². The van der Waals surface area contributed by atoms with Gasteiger partial charge in [0, 0.05) is 22.4 Å². The van der Waals surface area contributed by atoms with Gasteiger partial charge < -0.3 is 15.0 Å². The van der Waals surface area contributed by atoms with Gasteiger partial charge in [0.1, 0.15) is 30.3 Å². The summed E-state index contributed by atoms with van der Waals surface area (Å²) in [5.41, 5.74) is 1.21. The van der Waals surface area contributed by atoms with E-state index < -0.39 is 0 Å². The zero-order valence-electron chi connectivity index (χ0n) is 14.0. The lowest BCUT2D eigenvalue weighted by Gasteiger charge is -2.23. The molecule has 0 atom stereocenters. The molecule has 5 nitrogen and oxygen atoms in total. The molecule has 0 saturated carbocycles. The summed E-state index contributed by atoms with van der Waals surface area (Å²) < 4.78 is 5.45. The molecule has 0 radical (unpaired) electrons. The average molecular weight is 374 g/mol. The maximum atomic E-state index is 5.45. The number of hydrogen-bond acceptors (Lipinski definition) is 6. The fourth-order valence-corrected chi connectivity index (χ4v) is 4.82. The van der Waals surface area contributed by atoms with Crippen molar-refractivity contribution in [3.8, 4) is 10.4 Å². The predicted octanol–water partition coefficient (Wildman–Crippen LogP) is 2.43. The Morgan fingerprint density at radius 3 is 2.92 bits per heavy atom. The number of morpholine rings is 1. The number of fused-ring (bicyclic) bond motifs is 1. The highest BCUT2D eigenvalue weighted by atomic mass is 32.1. The van der Waals surface area contributed by atoms with Crippen molar-refractivity contribution in [2.45, 2.75) is 6.54 Å². The first-order valence-corrected chi connectivity index (χ1v) is 10.2. The third-order valence-corrected chi connectivity index (χ3v) is 6.06. The Hall–Kier alpha value is -1.80. The van der Waals surface area contributed by atoms with Crippen LogP contribution in [0.25, 0.3) is 20.7 Å². The smallest absolute Gasteiger partial charge is 0.187 e. The Morgan fingerprint density at radius 1 is 1.28 bits per heavy atom. The lowest BCUT2D eigenvalue weighted by Crippen LogP contribution is -3.12. The van der Waals surface area contributed by atoms with Gasteiger partial charge in [0.25, 0.3) is 0 Å². The largest absolute Gasteiger partial charge is 0.370 e. The van der Waals surface area contributed by atoms with Crippen LogP contribution in [0.5, 0.6) is 0 Å². The van der Waals surface area contributed by atoms with Gasteiger partial charge in [0.2, 0.25) is 0 Å². The summed E-state index contributed by atoms with van der Waals surface area (Å²) in [6, 6.07) is 4.23. The van der Waals surface area contributed by atoms with Crippen LogP contribution in [-0.4, -0.2) is 42.8 Å². The predicted molar refractivity (Wildman–Crippen MR) is 105 cm³/mol. The minimum absolute atomic E-state index is 0.690. The van der Waals surface area contributed by atoms with E-state index >= 15 is 0 Å². The molecule has 0 aromatic carbocycles. The number of rotatable bonds is 6. The topological polar surface area (TPSA) is 51.5 Å². The van der Waals surface area contributed by atoms with Crippen LogP contribution in [-0.2, 0) is 11.3 Å². The number of aromatic nitrogens is 2. The van der Waals surface area contributed by atoms with Gasteiger partial charge in [-0.15, -0.1) is 29.3 Å². The molecule has 130 valence electrons. The Morgan fingerprint density at radius 2 is 2.16 bits per heavy atom. The van der Waals surface area contributed by atoms with Gasteiger partial charge in [0.05, 0.1) is 18.6 Å². The molecule has 1 aliphatic heterocycles. The molecule has 0 spiro atoms. The first-order valence-electron chi connectivity index (χ1n) is 8.43. The van der Waals surface area contributed by atoms with Crippen molar-refractivity contribution in [2.24, 2.45) is 0 Å². The van der Waals surface area contributed by atoms with E-state index in [2.05, 4.69) is 34.8 Å². The van der Waals surface area contributed by atoms with Crippen LogP contribution in [0, 0.1) is 0 Å². The molecular formula is C18H21N4OS2+. The van der Waals surface area contributed by atoms with E-state index in [0.717, 1.165) is 54.7 Å². The minimum atomic E-state index is 0.690. The number of nitrogens with one attached hydrogen (secondary N) is 2. The van der Waals surface area contributed by atoms with Gasteiger partial charge in [-0.25, -0.2) is 9.97 Å². The van der Waals surface area contributed by atoms with E-state index in [1.54, 1.807) is 22.7 Å². The number of thiophene rings is 2. The molecule has 4 rings (SSSR count). The maximum absolute atomic E-state index is 5.45. The van der Waals surface area contributed by atoms with E-state index in [1.165, 1.54) is 15.3 Å². The van der Waals surface area contributed by atoms with E-state index in [1.807, 2.05) is 6.08 Å². The Labute approximate surface area is 155 Å². The zero-order valence-corrected chi connectivity index (χ0v) is 15.6. The van der Waals surface area contributed by atoms with Gasteiger partial charge in [-0.1, -0.05) is 12.1 Å².